The van der Waals surface area contributed by atoms with Gasteiger partial charge in [-0.15, -0.1) is 6.58 Å². The van der Waals surface area contributed by atoms with Crippen LogP contribution in [0.15, 0.2) is 12.7 Å². The van der Waals surface area contributed by atoms with Gasteiger partial charge in [0, 0.05) is 6.42 Å². The third kappa shape index (κ3) is 1.08. The van der Waals surface area contributed by atoms with E-state index in [1.54, 1.807) is 6.08 Å². The smallest absolute Gasteiger partial charge is 0.155 e. The van der Waals surface area contributed by atoms with Gasteiger partial charge in [0.25, 0.3) is 0 Å². The molecule has 0 aromatic rings. The Labute approximate surface area is 48.8 Å². The molecule has 0 bridgehead atoms. The van der Waals surface area contributed by atoms with E-state index in [1.807, 2.05) is 0 Å². The Balaban J connectivity index is 2.32. The van der Waals surface area contributed by atoms with Crippen molar-refractivity contribution in [1.29, 1.82) is 0 Å². The molecule has 0 amide bonds. The van der Waals surface area contributed by atoms with Crippen LogP contribution in [0, 0.1) is 0 Å². The van der Waals surface area contributed by atoms with Gasteiger partial charge in [0.2, 0.25) is 0 Å². The van der Waals surface area contributed by atoms with E-state index < -0.39 is 6.29 Å². The third-order valence-electron chi connectivity index (χ3n) is 1.29. The van der Waals surface area contributed by atoms with Gasteiger partial charge >= 0.3 is 0 Å². The van der Waals surface area contributed by atoms with Crippen LogP contribution >= 0.6 is 0 Å². The molecule has 0 saturated carbocycles. The molecule has 1 N–H and O–H groups in total. The van der Waals surface area contributed by atoms with Crippen LogP contribution in [0.4, 0.5) is 0 Å². The molecule has 1 heterocycles. The predicted octanol–water partition coefficient (Wildman–Crippen LogP) is 0.670. The van der Waals surface area contributed by atoms with Crippen molar-refractivity contribution in [2.24, 2.45) is 0 Å². The lowest BCUT2D eigenvalue weighted by Crippen LogP contribution is -2.06. The number of hydrogen-bond donors (Lipinski definition) is 1. The number of aliphatic hydroxyl groups excluding tert-OH is 1. The van der Waals surface area contributed by atoms with Gasteiger partial charge in [0.05, 0.1) is 6.10 Å². The van der Waals surface area contributed by atoms with Gasteiger partial charge in [-0.1, -0.05) is 6.08 Å². The van der Waals surface area contributed by atoms with E-state index in [2.05, 4.69) is 6.58 Å². The molecular weight excluding hydrogens is 104 g/mol. The van der Waals surface area contributed by atoms with Crippen molar-refractivity contribution in [3.63, 3.8) is 0 Å². The number of hydrogen-bond acceptors (Lipinski definition) is 2. The fraction of sp³-hybridized carbons (Fsp3) is 0.667. The summed E-state index contributed by atoms with van der Waals surface area (Å²) in [6.07, 6.45) is 2.92. The Morgan fingerprint density at radius 2 is 2.38 bits per heavy atom. The molecule has 1 fully saturated rings. The van der Waals surface area contributed by atoms with Gasteiger partial charge in [-0.3, -0.25) is 0 Å². The molecule has 1 aliphatic rings. The van der Waals surface area contributed by atoms with E-state index in [-0.39, 0.29) is 6.10 Å². The first-order chi connectivity index (χ1) is 3.83. The molecular formula is C6H10O2. The lowest BCUT2D eigenvalue weighted by Gasteiger charge is -2.01. The molecule has 1 aliphatic heterocycles. The Hall–Kier alpha value is -0.340. The van der Waals surface area contributed by atoms with Crippen LogP contribution in [0.5, 0.6) is 0 Å². The average molecular weight is 114 g/mol. The van der Waals surface area contributed by atoms with Gasteiger partial charge in [0.15, 0.2) is 6.29 Å². The highest BCUT2D eigenvalue weighted by Crippen LogP contribution is 2.17. The van der Waals surface area contributed by atoms with E-state index in [0.29, 0.717) is 0 Å². The normalized spacial score (nSPS) is 37.6. The van der Waals surface area contributed by atoms with Crippen LogP contribution in [0.2, 0.25) is 0 Å². The summed E-state index contributed by atoms with van der Waals surface area (Å²) >= 11 is 0. The van der Waals surface area contributed by atoms with Crippen LogP contribution in [-0.4, -0.2) is 17.5 Å². The molecule has 0 aliphatic carbocycles. The summed E-state index contributed by atoms with van der Waals surface area (Å²) in [6.45, 7) is 3.54. The zero-order valence-corrected chi connectivity index (χ0v) is 4.71. The third-order valence-corrected chi connectivity index (χ3v) is 1.29. The molecule has 46 valence electrons. The van der Waals surface area contributed by atoms with E-state index >= 15 is 0 Å². The van der Waals surface area contributed by atoms with Gasteiger partial charge in [-0.2, -0.15) is 0 Å². The van der Waals surface area contributed by atoms with Crippen molar-refractivity contribution < 1.29 is 9.84 Å². The van der Waals surface area contributed by atoms with Crippen molar-refractivity contribution in [2.45, 2.75) is 25.2 Å². The summed E-state index contributed by atoms with van der Waals surface area (Å²) in [6, 6.07) is 0. The summed E-state index contributed by atoms with van der Waals surface area (Å²) in [7, 11) is 0. The zero-order valence-electron chi connectivity index (χ0n) is 4.71. The zero-order chi connectivity index (χ0) is 5.98. The second kappa shape index (κ2) is 2.29. The van der Waals surface area contributed by atoms with Gasteiger partial charge < -0.3 is 9.84 Å². The molecule has 0 radical (unpaired) electrons. The van der Waals surface area contributed by atoms with Crippen molar-refractivity contribution in [3.8, 4) is 0 Å². The standard InChI is InChI=1S/C6H10O2/c1-2-5-3-4-6(7)8-5/h2,5-7H,1,3-4H2/t5?,6-/m0/s1. The fourth-order valence-electron chi connectivity index (χ4n) is 0.818. The summed E-state index contributed by atoms with van der Waals surface area (Å²) in [5.41, 5.74) is 0. The van der Waals surface area contributed by atoms with Crippen molar-refractivity contribution >= 4 is 0 Å². The molecule has 2 heteroatoms. The quantitative estimate of drug-likeness (QED) is 0.508. The van der Waals surface area contributed by atoms with Crippen molar-refractivity contribution in [1.82, 2.24) is 0 Å². The first-order valence-corrected chi connectivity index (χ1v) is 2.79. The van der Waals surface area contributed by atoms with E-state index in [4.69, 9.17) is 9.84 Å². The molecule has 8 heavy (non-hydrogen) atoms. The Morgan fingerprint density at radius 3 is 2.62 bits per heavy atom. The van der Waals surface area contributed by atoms with E-state index in [1.165, 1.54) is 0 Å². The first-order valence-electron chi connectivity index (χ1n) is 2.79. The maximum Gasteiger partial charge on any atom is 0.155 e. The Bertz CT molecular complexity index is 90.5. The van der Waals surface area contributed by atoms with Gasteiger partial charge in [-0.25, -0.2) is 0 Å². The summed E-state index contributed by atoms with van der Waals surface area (Å²) in [5.74, 6) is 0. The molecule has 1 unspecified atom stereocenters. The summed E-state index contributed by atoms with van der Waals surface area (Å²) < 4.78 is 4.95. The molecule has 1 rings (SSSR count). The van der Waals surface area contributed by atoms with Gasteiger partial charge in [-0.05, 0) is 6.42 Å². The molecule has 0 aromatic heterocycles. The maximum absolute atomic E-state index is 8.76. The van der Waals surface area contributed by atoms with Crippen molar-refractivity contribution in [2.75, 3.05) is 0 Å². The number of ether oxygens (including phenoxy) is 1. The van der Waals surface area contributed by atoms with Crippen LogP contribution < -0.4 is 0 Å². The average Bonchev–Trinajstić information content (AvgIpc) is 2.14. The number of aliphatic hydroxyl groups is 1. The second-order valence-electron chi connectivity index (χ2n) is 1.94. The lowest BCUT2D eigenvalue weighted by molar-refractivity contribution is -0.0777. The predicted molar refractivity (Wildman–Crippen MR) is 30.3 cm³/mol. The molecule has 2 nitrogen and oxygen atoms in total. The summed E-state index contributed by atoms with van der Waals surface area (Å²) in [5, 5.41) is 8.76. The minimum Gasteiger partial charge on any atom is -0.368 e. The Morgan fingerprint density at radius 1 is 1.62 bits per heavy atom. The molecule has 1 saturated heterocycles. The fourth-order valence-corrected chi connectivity index (χ4v) is 0.818. The highest BCUT2D eigenvalue weighted by atomic mass is 16.6. The summed E-state index contributed by atoms with van der Waals surface area (Å²) in [4.78, 5) is 0. The second-order valence-corrected chi connectivity index (χ2v) is 1.94. The lowest BCUT2D eigenvalue weighted by atomic mass is 10.2. The molecule has 2 atom stereocenters. The highest BCUT2D eigenvalue weighted by molar-refractivity contribution is 4.83. The number of rotatable bonds is 1. The Kier molecular flexibility index (Phi) is 1.65. The van der Waals surface area contributed by atoms with Crippen LogP contribution in [0.1, 0.15) is 12.8 Å². The van der Waals surface area contributed by atoms with Crippen LogP contribution in [-0.2, 0) is 4.74 Å². The van der Waals surface area contributed by atoms with Gasteiger partial charge in [0.1, 0.15) is 0 Å². The highest BCUT2D eigenvalue weighted by Gasteiger charge is 2.19. The van der Waals surface area contributed by atoms with Crippen LogP contribution in [0.25, 0.3) is 0 Å². The monoisotopic (exact) mass is 114 g/mol. The molecule has 0 spiro atoms. The SMILES string of the molecule is C=CC1CC[C@@H](O)O1. The van der Waals surface area contributed by atoms with E-state index in [0.717, 1.165) is 12.8 Å². The minimum atomic E-state index is -0.544. The van der Waals surface area contributed by atoms with E-state index in [9.17, 15) is 0 Å². The van der Waals surface area contributed by atoms with Crippen LogP contribution in [0.3, 0.4) is 0 Å². The van der Waals surface area contributed by atoms with Crippen molar-refractivity contribution in [3.05, 3.63) is 12.7 Å². The largest absolute Gasteiger partial charge is 0.368 e. The minimum absolute atomic E-state index is 0.0880. The first kappa shape index (κ1) is 5.79. The maximum atomic E-state index is 8.76. The topological polar surface area (TPSA) is 29.5 Å². The molecule has 0 aromatic carbocycles.